The first-order valence-corrected chi connectivity index (χ1v) is 8.17. The Kier molecular flexibility index (Phi) is 5.45. The van der Waals surface area contributed by atoms with Crippen molar-refractivity contribution in [3.63, 3.8) is 0 Å². The van der Waals surface area contributed by atoms with Gasteiger partial charge in [-0.25, -0.2) is 9.97 Å². The maximum absolute atomic E-state index is 12.7. The van der Waals surface area contributed by atoms with E-state index in [1.165, 1.54) is 18.3 Å². The molecule has 140 valence electrons. The molecule has 0 unspecified atom stereocenters. The number of hydrogen-bond acceptors (Lipinski definition) is 6. The first kappa shape index (κ1) is 18.5. The summed E-state index contributed by atoms with van der Waals surface area (Å²) in [5, 5.41) is 3.02. The molecular formula is C18H16F3N5O. The van der Waals surface area contributed by atoms with E-state index in [9.17, 15) is 18.0 Å². The van der Waals surface area contributed by atoms with Crippen LogP contribution >= 0.6 is 0 Å². The van der Waals surface area contributed by atoms with E-state index in [-0.39, 0.29) is 0 Å². The fourth-order valence-corrected chi connectivity index (χ4v) is 2.68. The van der Waals surface area contributed by atoms with Crippen LogP contribution in [0.3, 0.4) is 0 Å². The fraction of sp³-hybridized carbons (Fsp3) is 0.278. The van der Waals surface area contributed by atoms with E-state index in [4.69, 9.17) is 0 Å². The van der Waals surface area contributed by atoms with Crippen LogP contribution in [0.25, 0.3) is 0 Å². The zero-order valence-electron chi connectivity index (χ0n) is 14.2. The number of aromatic nitrogens is 2. The van der Waals surface area contributed by atoms with E-state index in [1.54, 1.807) is 6.20 Å². The van der Waals surface area contributed by atoms with Crippen LogP contribution in [-0.2, 0) is 11.0 Å². The molecule has 1 aliphatic rings. The smallest absolute Gasteiger partial charge is 0.350 e. The third-order valence-corrected chi connectivity index (χ3v) is 4.01. The number of piperazine rings is 1. The lowest BCUT2D eigenvalue weighted by atomic mass is 10.2. The summed E-state index contributed by atoms with van der Waals surface area (Å²) in [6.45, 7) is 2.54. The highest BCUT2D eigenvalue weighted by atomic mass is 19.4. The number of carbonyl (C=O) groups excluding carboxylic acids is 1. The lowest BCUT2D eigenvalue weighted by Crippen LogP contribution is -2.45. The number of nitrogens with one attached hydrogen (secondary N) is 1. The number of aldehydes is 1. The molecule has 0 bridgehead atoms. The van der Waals surface area contributed by atoms with Gasteiger partial charge in [-0.15, -0.1) is 0 Å². The van der Waals surface area contributed by atoms with E-state index >= 15 is 0 Å². The van der Waals surface area contributed by atoms with Crippen LogP contribution in [0, 0.1) is 12.0 Å². The predicted molar refractivity (Wildman–Crippen MR) is 94.4 cm³/mol. The number of nitrogens with zero attached hydrogens (tertiary/aromatic N) is 4. The van der Waals surface area contributed by atoms with E-state index in [0.717, 1.165) is 12.1 Å². The van der Waals surface area contributed by atoms with Crippen LogP contribution in [0.1, 0.15) is 5.56 Å². The molecule has 2 heterocycles. The molecule has 1 aromatic heterocycles. The van der Waals surface area contributed by atoms with Gasteiger partial charge < -0.3 is 15.1 Å². The summed E-state index contributed by atoms with van der Waals surface area (Å²) in [7, 11) is 0. The summed E-state index contributed by atoms with van der Waals surface area (Å²) in [6.07, 6.45) is -0.739. The van der Waals surface area contributed by atoms with Crippen LogP contribution in [0.15, 0.2) is 36.7 Å². The molecule has 0 atom stereocenters. The molecule has 1 N–H and O–H groups in total. The van der Waals surface area contributed by atoms with Crippen molar-refractivity contribution >= 4 is 23.6 Å². The minimum atomic E-state index is -4.37. The second kappa shape index (κ2) is 7.95. The second-order valence-corrected chi connectivity index (χ2v) is 5.78. The van der Waals surface area contributed by atoms with Gasteiger partial charge in [0.25, 0.3) is 0 Å². The first-order valence-electron chi connectivity index (χ1n) is 8.17. The lowest BCUT2D eigenvalue weighted by molar-refractivity contribution is -0.137. The molecule has 2 aromatic rings. The quantitative estimate of drug-likeness (QED) is 0.657. The zero-order valence-corrected chi connectivity index (χ0v) is 14.2. The van der Waals surface area contributed by atoms with Gasteiger partial charge in [-0.2, -0.15) is 13.2 Å². The molecule has 0 radical (unpaired) electrons. The number of carbonyl (C=O) groups is 1. The molecule has 1 fully saturated rings. The normalized spacial score (nSPS) is 14.3. The summed E-state index contributed by atoms with van der Waals surface area (Å²) in [4.78, 5) is 22.8. The van der Waals surface area contributed by atoms with Gasteiger partial charge in [0.1, 0.15) is 0 Å². The summed E-state index contributed by atoms with van der Waals surface area (Å²) in [5.41, 5.74) is -0.222. The minimum Gasteiger partial charge on any atom is -0.350 e. The second-order valence-electron chi connectivity index (χ2n) is 5.78. The molecule has 9 heteroatoms. The highest BCUT2D eigenvalue weighted by Gasteiger charge is 2.30. The van der Waals surface area contributed by atoms with Crippen LogP contribution in [0.5, 0.6) is 0 Å². The summed E-state index contributed by atoms with van der Waals surface area (Å²) in [6, 6.07) is 7.50. The Hall–Kier alpha value is -3.28. The van der Waals surface area contributed by atoms with Crippen molar-refractivity contribution in [1.29, 1.82) is 0 Å². The van der Waals surface area contributed by atoms with Gasteiger partial charge in [0.05, 0.1) is 5.56 Å². The highest BCUT2D eigenvalue weighted by molar-refractivity contribution is 5.72. The van der Waals surface area contributed by atoms with Gasteiger partial charge >= 0.3 is 6.18 Å². The van der Waals surface area contributed by atoms with Crippen molar-refractivity contribution in [1.82, 2.24) is 14.9 Å². The molecule has 27 heavy (non-hydrogen) atoms. The van der Waals surface area contributed by atoms with E-state index in [0.29, 0.717) is 49.8 Å². The Bertz CT molecular complexity index is 850. The molecule has 0 amide bonds. The molecule has 0 aliphatic carbocycles. The van der Waals surface area contributed by atoms with E-state index in [2.05, 4.69) is 27.2 Å². The van der Waals surface area contributed by atoms with Crippen molar-refractivity contribution in [2.24, 2.45) is 0 Å². The fourth-order valence-electron chi connectivity index (χ4n) is 2.68. The summed E-state index contributed by atoms with van der Waals surface area (Å²) < 4.78 is 38.0. The Balaban J connectivity index is 1.72. The molecule has 1 aromatic carbocycles. The van der Waals surface area contributed by atoms with Crippen molar-refractivity contribution in [2.75, 3.05) is 36.4 Å². The molecule has 3 rings (SSSR count). The van der Waals surface area contributed by atoms with Crippen molar-refractivity contribution in [2.45, 2.75) is 6.18 Å². The van der Waals surface area contributed by atoms with E-state index < -0.39 is 11.7 Å². The van der Waals surface area contributed by atoms with Crippen molar-refractivity contribution in [3.05, 3.63) is 42.2 Å². The molecule has 1 saturated heterocycles. The maximum Gasteiger partial charge on any atom is 0.416 e. The van der Waals surface area contributed by atoms with Gasteiger partial charge in [-0.1, -0.05) is 0 Å². The topological polar surface area (TPSA) is 61.4 Å². The summed E-state index contributed by atoms with van der Waals surface area (Å²) >= 11 is 0. The van der Waals surface area contributed by atoms with Gasteiger partial charge in [0.2, 0.25) is 0 Å². The number of anilines is 3. The minimum absolute atomic E-state index is 0.463. The molecule has 0 spiro atoms. The number of benzene rings is 1. The molecule has 0 saturated carbocycles. The van der Waals surface area contributed by atoms with Crippen LogP contribution < -0.4 is 10.2 Å². The molecule has 6 nitrogen and oxygen atoms in total. The van der Waals surface area contributed by atoms with Crippen molar-refractivity contribution in [3.8, 4) is 12.0 Å². The predicted octanol–water partition coefficient (Wildman–Crippen LogP) is 2.52. The van der Waals surface area contributed by atoms with Gasteiger partial charge in [-0.05, 0) is 30.2 Å². The first-order chi connectivity index (χ1) is 13.0. The number of hydrogen-bond donors (Lipinski definition) is 1. The van der Waals surface area contributed by atoms with Crippen LogP contribution in [-0.4, -0.2) is 47.3 Å². The van der Waals surface area contributed by atoms with Gasteiger partial charge in [0, 0.05) is 50.3 Å². The van der Waals surface area contributed by atoms with E-state index in [1.807, 2.05) is 9.80 Å². The Morgan fingerprint density at radius 1 is 1.04 bits per heavy atom. The van der Waals surface area contributed by atoms with Crippen LogP contribution in [0.4, 0.5) is 30.5 Å². The maximum atomic E-state index is 12.7. The average molecular weight is 375 g/mol. The third-order valence-electron chi connectivity index (χ3n) is 4.01. The van der Waals surface area contributed by atoms with Gasteiger partial charge in [-0.3, -0.25) is 4.79 Å². The standard InChI is InChI=1S/C18H16F3N5O/c19-18(20,21)14-2-4-15(5-3-14)24-16-17(23-7-6-22-16)26-11-9-25(10-12-26)8-1-13-27/h2-7,13H,9-12H2,(H,22,24). The average Bonchev–Trinajstić information content (AvgIpc) is 2.67. The Labute approximate surface area is 154 Å². The van der Waals surface area contributed by atoms with Crippen molar-refractivity contribution < 1.29 is 18.0 Å². The van der Waals surface area contributed by atoms with Crippen LogP contribution in [0.2, 0.25) is 0 Å². The lowest BCUT2D eigenvalue weighted by Gasteiger charge is -2.33. The third kappa shape index (κ3) is 4.67. The molecule has 1 aliphatic heterocycles. The Morgan fingerprint density at radius 2 is 1.70 bits per heavy atom. The number of alkyl halides is 3. The largest absolute Gasteiger partial charge is 0.416 e. The Morgan fingerprint density at radius 3 is 2.33 bits per heavy atom. The highest BCUT2D eigenvalue weighted by Crippen LogP contribution is 2.31. The number of rotatable bonds is 3. The SMILES string of the molecule is O=CC#CN1CCN(c2nccnc2Nc2ccc(C(F)(F)F)cc2)CC1. The zero-order chi connectivity index (χ0) is 19.3. The monoisotopic (exact) mass is 375 g/mol. The number of halogens is 3. The van der Waals surface area contributed by atoms with Gasteiger partial charge in [0.15, 0.2) is 17.9 Å². The summed E-state index contributed by atoms with van der Waals surface area (Å²) in [5.74, 6) is 3.46. The molecular weight excluding hydrogens is 359 g/mol.